The van der Waals surface area contributed by atoms with E-state index >= 15 is 0 Å². The van der Waals surface area contributed by atoms with E-state index in [4.69, 9.17) is 5.26 Å². The van der Waals surface area contributed by atoms with E-state index in [0.717, 1.165) is 6.20 Å². The van der Waals surface area contributed by atoms with Gasteiger partial charge in [-0.1, -0.05) is 12.1 Å². The fraction of sp³-hybridized carbons (Fsp3) is 0.0625. The van der Waals surface area contributed by atoms with Gasteiger partial charge < -0.3 is 0 Å². The first-order valence-corrected chi connectivity index (χ1v) is 6.58. The summed E-state index contributed by atoms with van der Waals surface area (Å²) in [5, 5.41) is 12.8. The van der Waals surface area contributed by atoms with Crippen LogP contribution in [-0.4, -0.2) is 14.8 Å². The van der Waals surface area contributed by atoms with Crippen LogP contribution in [0.4, 0.5) is 13.2 Å². The smallest absolute Gasteiger partial charge is 0.235 e. The van der Waals surface area contributed by atoms with Gasteiger partial charge in [0.2, 0.25) is 0 Å². The van der Waals surface area contributed by atoms with Crippen molar-refractivity contribution in [3.63, 3.8) is 0 Å². The summed E-state index contributed by atoms with van der Waals surface area (Å²) in [6.07, 6.45) is 1.14. The molecule has 0 N–H and O–H groups in total. The van der Waals surface area contributed by atoms with E-state index in [1.54, 1.807) is 24.3 Å². The first-order chi connectivity index (χ1) is 11.1. The number of nitrogens with zero attached hydrogens (tertiary/aromatic N) is 4. The number of halogens is 3. The molecule has 3 aromatic rings. The van der Waals surface area contributed by atoms with E-state index in [2.05, 4.69) is 10.1 Å². The number of hydrogen-bond acceptors (Lipinski definition) is 3. The van der Waals surface area contributed by atoms with Gasteiger partial charge in [-0.25, -0.2) is 14.1 Å². The quantitative estimate of drug-likeness (QED) is 0.734. The van der Waals surface area contributed by atoms with Gasteiger partial charge in [0.15, 0.2) is 0 Å². The number of aromatic nitrogens is 3. The van der Waals surface area contributed by atoms with E-state index in [1.165, 1.54) is 18.2 Å². The number of hydrogen-bond donors (Lipinski definition) is 0. The Labute approximate surface area is 129 Å². The zero-order chi connectivity index (χ0) is 16.4. The van der Waals surface area contributed by atoms with Crippen LogP contribution in [0.1, 0.15) is 12.2 Å². The molecule has 1 aromatic carbocycles. The predicted molar refractivity (Wildman–Crippen MR) is 76.8 cm³/mol. The molecular weight excluding hydrogens is 305 g/mol. The average Bonchev–Trinajstić information content (AvgIpc) is 3.05. The third-order valence-electron chi connectivity index (χ3n) is 3.19. The normalized spacial score (nSPS) is 10.7. The van der Waals surface area contributed by atoms with Crippen molar-refractivity contribution in [2.45, 2.75) is 6.55 Å². The van der Waals surface area contributed by atoms with Crippen LogP contribution in [0.5, 0.6) is 0 Å². The minimum absolute atomic E-state index is 0.119. The molecule has 0 spiro atoms. The van der Waals surface area contributed by atoms with Gasteiger partial charge in [0, 0.05) is 6.20 Å². The highest BCUT2D eigenvalue weighted by Crippen LogP contribution is 2.26. The van der Waals surface area contributed by atoms with Crippen molar-refractivity contribution < 1.29 is 13.2 Å². The van der Waals surface area contributed by atoms with Crippen molar-refractivity contribution >= 4 is 0 Å². The lowest BCUT2D eigenvalue weighted by Gasteiger charge is -2.05. The van der Waals surface area contributed by atoms with E-state index in [0.29, 0.717) is 21.5 Å². The van der Waals surface area contributed by atoms with Crippen LogP contribution in [0, 0.1) is 17.1 Å². The maximum atomic E-state index is 13.0. The van der Waals surface area contributed by atoms with Gasteiger partial charge in [0.05, 0.1) is 5.69 Å². The monoisotopic (exact) mass is 314 g/mol. The van der Waals surface area contributed by atoms with Gasteiger partial charge in [-0.05, 0) is 41.5 Å². The van der Waals surface area contributed by atoms with Gasteiger partial charge in [-0.2, -0.15) is 19.1 Å². The van der Waals surface area contributed by atoms with Gasteiger partial charge >= 0.3 is 6.55 Å². The first-order valence-electron chi connectivity index (χ1n) is 6.58. The fourth-order valence-electron chi connectivity index (χ4n) is 2.11. The molecule has 7 heteroatoms. The number of benzene rings is 1. The molecule has 0 atom stereocenters. The lowest BCUT2D eigenvalue weighted by Crippen LogP contribution is -1.99. The Bertz CT molecular complexity index is 879. The summed E-state index contributed by atoms with van der Waals surface area (Å²) in [7, 11) is 0. The molecule has 0 bridgehead atoms. The molecule has 0 aliphatic rings. The summed E-state index contributed by atoms with van der Waals surface area (Å²) in [4.78, 5) is 4.08. The van der Waals surface area contributed by atoms with Gasteiger partial charge in [0.25, 0.3) is 0 Å². The fourth-order valence-corrected chi connectivity index (χ4v) is 2.11. The van der Waals surface area contributed by atoms with Crippen LogP contribution in [-0.2, 0) is 0 Å². The van der Waals surface area contributed by atoms with Crippen molar-refractivity contribution in [1.29, 1.82) is 5.26 Å². The van der Waals surface area contributed by atoms with Crippen LogP contribution in [0.25, 0.3) is 22.5 Å². The molecule has 23 heavy (non-hydrogen) atoms. The summed E-state index contributed by atoms with van der Waals surface area (Å²) in [5.41, 5.74) is 1.94. The maximum Gasteiger partial charge on any atom is 0.333 e. The minimum atomic E-state index is -2.75. The van der Waals surface area contributed by atoms with Crippen molar-refractivity contribution in [3.05, 3.63) is 60.2 Å². The van der Waals surface area contributed by atoms with Crippen molar-refractivity contribution in [2.75, 3.05) is 0 Å². The molecule has 3 rings (SSSR count). The second-order valence-electron chi connectivity index (χ2n) is 4.70. The van der Waals surface area contributed by atoms with Crippen LogP contribution >= 0.6 is 0 Å². The molecule has 0 aliphatic heterocycles. The van der Waals surface area contributed by atoms with E-state index < -0.39 is 6.55 Å². The lowest BCUT2D eigenvalue weighted by atomic mass is 10.0. The van der Waals surface area contributed by atoms with E-state index in [9.17, 15) is 13.2 Å². The Balaban J connectivity index is 2.09. The highest BCUT2D eigenvalue weighted by Gasteiger charge is 2.12. The van der Waals surface area contributed by atoms with Crippen LogP contribution in [0.15, 0.2) is 48.7 Å². The Hall–Kier alpha value is -3.14. The van der Waals surface area contributed by atoms with Crippen molar-refractivity contribution in [1.82, 2.24) is 14.8 Å². The van der Waals surface area contributed by atoms with E-state index in [-0.39, 0.29) is 17.2 Å². The van der Waals surface area contributed by atoms with Gasteiger partial charge in [0.1, 0.15) is 23.3 Å². The third kappa shape index (κ3) is 3.06. The number of rotatable bonds is 3. The summed E-state index contributed by atoms with van der Waals surface area (Å²) in [5.74, 6) is -0.376. The Morgan fingerprint density at radius 1 is 1.00 bits per heavy atom. The average molecular weight is 314 g/mol. The second-order valence-corrected chi connectivity index (χ2v) is 4.70. The lowest BCUT2D eigenvalue weighted by molar-refractivity contribution is 0.0568. The molecule has 0 aliphatic carbocycles. The molecular formula is C16H9F3N4. The highest BCUT2D eigenvalue weighted by atomic mass is 19.3. The second kappa shape index (κ2) is 5.93. The zero-order valence-corrected chi connectivity index (χ0v) is 11.6. The summed E-state index contributed by atoms with van der Waals surface area (Å²) >= 11 is 0. The highest BCUT2D eigenvalue weighted by molar-refractivity contribution is 5.70. The molecule has 0 unspecified atom stereocenters. The van der Waals surface area contributed by atoms with Gasteiger partial charge in [-0.3, -0.25) is 0 Å². The first kappa shape index (κ1) is 14.8. The minimum Gasteiger partial charge on any atom is -0.235 e. The standard InChI is InChI=1S/C16H9F3N4/c17-12-3-1-10(2-4-12)11-7-13(9-20)21-15(8-11)14-5-6-23(22-14)16(18)19/h1-8,16H. The molecule has 0 amide bonds. The molecule has 0 saturated heterocycles. The SMILES string of the molecule is N#Cc1cc(-c2ccc(F)cc2)cc(-c2ccn(C(F)F)n2)n1. The summed E-state index contributed by atoms with van der Waals surface area (Å²) in [6.45, 7) is -2.75. The Morgan fingerprint density at radius 2 is 1.74 bits per heavy atom. The number of alkyl halides is 2. The topological polar surface area (TPSA) is 54.5 Å². The Kier molecular flexibility index (Phi) is 3.81. The molecule has 0 radical (unpaired) electrons. The summed E-state index contributed by atoms with van der Waals surface area (Å²) < 4.78 is 38.8. The maximum absolute atomic E-state index is 13.0. The molecule has 0 saturated carbocycles. The molecule has 4 nitrogen and oxygen atoms in total. The zero-order valence-electron chi connectivity index (χ0n) is 11.6. The molecule has 114 valence electrons. The predicted octanol–water partition coefficient (Wildman–Crippen LogP) is 4.02. The van der Waals surface area contributed by atoms with Crippen LogP contribution in [0.3, 0.4) is 0 Å². The summed E-state index contributed by atoms with van der Waals surface area (Å²) in [6, 6.07) is 12.2. The number of pyridine rings is 1. The van der Waals surface area contributed by atoms with Crippen LogP contribution in [0.2, 0.25) is 0 Å². The molecule has 0 fully saturated rings. The third-order valence-corrected chi connectivity index (χ3v) is 3.19. The Morgan fingerprint density at radius 3 is 2.35 bits per heavy atom. The van der Waals surface area contributed by atoms with Crippen molar-refractivity contribution in [3.8, 4) is 28.6 Å². The number of nitriles is 1. The van der Waals surface area contributed by atoms with E-state index in [1.807, 2.05) is 6.07 Å². The van der Waals surface area contributed by atoms with Crippen LogP contribution < -0.4 is 0 Å². The largest absolute Gasteiger partial charge is 0.333 e. The van der Waals surface area contributed by atoms with Gasteiger partial charge in [-0.15, -0.1) is 0 Å². The van der Waals surface area contributed by atoms with Crippen molar-refractivity contribution in [2.24, 2.45) is 0 Å². The molecule has 2 aromatic heterocycles. The molecule has 2 heterocycles.